The van der Waals surface area contributed by atoms with Crippen LogP contribution in [0.3, 0.4) is 0 Å². The molecule has 3 heterocycles. The fraction of sp³-hybridized carbons (Fsp3) is 0.607. The third-order valence-corrected chi connectivity index (χ3v) is 8.09. The highest BCUT2D eigenvalue weighted by Gasteiger charge is 2.46. The van der Waals surface area contributed by atoms with Gasteiger partial charge < -0.3 is 24.3 Å². The number of fused-ring (bicyclic) bond motifs is 4. The molecule has 5 rings (SSSR count). The molecule has 1 aromatic heterocycles. The van der Waals surface area contributed by atoms with Gasteiger partial charge in [0.05, 0.1) is 19.3 Å². The van der Waals surface area contributed by atoms with Gasteiger partial charge in [0.25, 0.3) is 5.91 Å². The first-order valence-corrected chi connectivity index (χ1v) is 13.1. The first kappa shape index (κ1) is 23.3. The van der Waals surface area contributed by atoms with Crippen LogP contribution < -0.4 is 14.8 Å². The average molecular weight is 468 g/mol. The molecule has 1 amide bonds. The second-order valence-electron chi connectivity index (χ2n) is 10.7. The zero-order chi connectivity index (χ0) is 23.7. The SMILES string of the molecule is COc1cc(C(=O)N2CCC3(CC2)N[C@H]2CCCCC2n2cccc23)ccc1OCCC(C)C.[HH]. The van der Waals surface area contributed by atoms with E-state index in [1.807, 2.05) is 23.1 Å². The van der Waals surface area contributed by atoms with E-state index in [9.17, 15) is 4.79 Å². The summed E-state index contributed by atoms with van der Waals surface area (Å²) in [4.78, 5) is 15.4. The Morgan fingerprint density at radius 3 is 2.74 bits per heavy atom. The second kappa shape index (κ2) is 9.65. The summed E-state index contributed by atoms with van der Waals surface area (Å²) in [5.41, 5.74) is 2.05. The Hall–Kier alpha value is -2.47. The highest BCUT2D eigenvalue weighted by Crippen LogP contribution is 2.44. The van der Waals surface area contributed by atoms with Crippen LogP contribution in [0.25, 0.3) is 0 Å². The Labute approximate surface area is 205 Å². The van der Waals surface area contributed by atoms with Crippen LogP contribution >= 0.6 is 0 Å². The molecule has 1 aromatic carbocycles. The first-order chi connectivity index (χ1) is 16.5. The van der Waals surface area contributed by atoms with Crippen LogP contribution in [0.1, 0.15) is 82.3 Å². The standard InChI is InChI=1S/C28H39N3O3.H2/c1-20(2)12-18-34-24-11-10-21(19-25(24)33-3)27(32)30-16-13-28(14-17-30)26-9-6-15-31(26)23-8-5-4-7-22(23)29-28;/h6,9-11,15,19-20,22-23,29H,4-5,7-8,12-14,16-18H2,1-3H3;1H/t22-,23?;/m0./s1. The van der Waals surface area contributed by atoms with Crippen molar-refractivity contribution < 1.29 is 15.7 Å². The van der Waals surface area contributed by atoms with Crippen molar-refractivity contribution >= 4 is 5.91 Å². The van der Waals surface area contributed by atoms with Crippen molar-refractivity contribution in [2.24, 2.45) is 5.92 Å². The van der Waals surface area contributed by atoms with E-state index in [0.717, 1.165) is 32.4 Å². The molecule has 1 N–H and O–H groups in total. The first-order valence-electron chi connectivity index (χ1n) is 13.1. The van der Waals surface area contributed by atoms with Crippen molar-refractivity contribution in [2.75, 3.05) is 26.8 Å². The molecule has 1 unspecified atom stereocenters. The molecule has 1 aliphatic carbocycles. The fourth-order valence-corrected chi connectivity index (χ4v) is 6.13. The van der Waals surface area contributed by atoms with Crippen molar-refractivity contribution in [3.05, 3.63) is 47.8 Å². The van der Waals surface area contributed by atoms with Gasteiger partial charge >= 0.3 is 0 Å². The van der Waals surface area contributed by atoms with Crippen LogP contribution in [0, 0.1) is 5.92 Å². The number of benzene rings is 1. The topological polar surface area (TPSA) is 55.7 Å². The Bertz CT molecular complexity index is 1010. The summed E-state index contributed by atoms with van der Waals surface area (Å²) in [5, 5.41) is 4.07. The van der Waals surface area contributed by atoms with Crippen LogP contribution in [-0.4, -0.2) is 48.2 Å². The third-order valence-electron chi connectivity index (χ3n) is 8.09. The number of hydrogen-bond acceptors (Lipinski definition) is 4. The Morgan fingerprint density at radius 2 is 1.97 bits per heavy atom. The molecular formula is C28H41N3O3. The van der Waals surface area contributed by atoms with E-state index >= 15 is 0 Å². The lowest BCUT2D eigenvalue weighted by Gasteiger charge is -2.52. The summed E-state index contributed by atoms with van der Waals surface area (Å²) in [6, 6.07) is 11.2. The molecule has 2 aliphatic heterocycles. The quantitative estimate of drug-likeness (QED) is 0.619. The van der Waals surface area contributed by atoms with E-state index in [1.54, 1.807) is 7.11 Å². The third kappa shape index (κ3) is 4.33. The monoisotopic (exact) mass is 467 g/mol. The van der Waals surface area contributed by atoms with Crippen molar-refractivity contribution in [1.29, 1.82) is 0 Å². The molecule has 0 bridgehead atoms. The van der Waals surface area contributed by atoms with Gasteiger partial charge in [-0.05, 0) is 68.4 Å². The predicted octanol–water partition coefficient (Wildman–Crippen LogP) is 5.39. The number of nitrogens with one attached hydrogen (secondary N) is 1. The van der Waals surface area contributed by atoms with Gasteiger partial charge in [0.15, 0.2) is 11.5 Å². The van der Waals surface area contributed by atoms with Crippen LogP contribution in [0.15, 0.2) is 36.5 Å². The van der Waals surface area contributed by atoms with E-state index in [2.05, 4.69) is 42.1 Å². The lowest BCUT2D eigenvalue weighted by atomic mass is 9.77. The highest BCUT2D eigenvalue weighted by atomic mass is 16.5. The van der Waals surface area contributed by atoms with Gasteiger partial charge in [-0.2, -0.15) is 0 Å². The smallest absolute Gasteiger partial charge is 0.253 e. The lowest BCUT2D eigenvalue weighted by Crippen LogP contribution is -2.61. The molecule has 6 nitrogen and oxygen atoms in total. The normalized spacial score (nSPS) is 23.5. The summed E-state index contributed by atoms with van der Waals surface area (Å²) in [7, 11) is 1.63. The van der Waals surface area contributed by atoms with E-state index < -0.39 is 0 Å². The van der Waals surface area contributed by atoms with E-state index in [0.29, 0.717) is 41.7 Å². The molecule has 1 saturated heterocycles. The number of ether oxygens (including phenoxy) is 2. The van der Waals surface area contributed by atoms with Gasteiger partial charge in [-0.25, -0.2) is 0 Å². The number of hydrogen-bond donors (Lipinski definition) is 1. The maximum Gasteiger partial charge on any atom is 0.253 e. The summed E-state index contributed by atoms with van der Waals surface area (Å²) in [6.45, 7) is 6.51. The molecule has 3 aliphatic rings. The summed E-state index contributed by atoms with van der Waals surface area (Å²) in [6.07, 6.45) is 10.3. The number of aromatic nitrogens is 1. The largest absolute Gasteiger partial charge is 0.493 e. The molecule has 2 atom stereocenters. The number of amides is 1. The summed E-state index contributed by atoms with van der Waals surface area (Å²) < 4.78 is 14.0. The molecule has 0 radical (unpaired) electrons. The molecular weight excluding hydrogens is 426 g/mol. The van der Waals surface area contributed by atoms with Gasteiger partial charge in [0.2, 0.25) is 0 Å². The minimum absolute atomic E-state index is 0. The molecule has 2 aromatic rings. The highest BCUT2D eigenvalue weighted by molar-refractivity contribution is 5.95. The number of carbonyl (C=O) groups excluding carboxylic acids is 1. The van der Waals surface area contributed by atoms with Gasteiger partial charge in [0.1, 0.15) is 0 Å². The van der Waals surface area contributed by atoms with Gasteiger partial charge in [-0.15, -0.1) is 0 Å². The van der Waals surface area contributed by atoms with Crippen molar-refractivity contribution in [2.45, 2.75) is 76.4 Å². The molecule has 34 heavy (non-hydrogen) atoms. The van der Waals surface area contributed by atoms with Crippen molar-refractivity contribution in [1.82, 2.24) is 14.8 Å². The van der Waals surface area contributed by atoms with Crippen molar-refractivity contribution in [3.8, 4) is 11.5 Å². The van der Waals surface area contributed by atoms with E-state index in [4.69, 9.17) is 9.47 Å². The number of nitrogens with zero attached hydrogens (tertiary/aromatic N) is 2. The Balaban J connectivity index is 0.00000289. The Kier molecular flexibility index (Phi) is 6.61. The van der Waals surface area contributed by atoms with Crippen molar-refractivity contribution in [3.63, 3.8) is 0 Å². The lowest BCUT2D eigenvalue weighted by molar-refractivity contribution is 0.0512. The number of rotatable bonds is 6. The van der Waals surface area contributed by atoms with Crippen LogP contribution in [0.2, 0.25) is 0 Å². The van der Waals surface area contributed by atoms with Crippen LogP contribution in [0.4, 0.5) is 0 Å². The molecule has 6 heteroatoms. The molecule has 2 fully saturated rings. The number of carbonyl (C=O) groups is 1. The summed E-state index contributed by atoms with van der Waals surface area (Å²) >= 11 is 0. The van der Waals surface area contributed by atoms with Gasteiger partial charge in [0, 0.05) is 44.1 Å². The summed E-state index contributed by atoms with van der Waals surface area (Å²) in [5.74, 6) is 1.98. The minimum atomic E-state index is -0.0232. The van der Waals surface area contributed by atoms with Gasteiger partial charge in [-0.3, -0.25) is 4.79 Å². The van der Waals surface area contributed by atoms with E-state index in [1.165, 1.54) is 31.4 Å². The maximum absolute atomic E-state index is 13.4. The Morgan fingerprint density at radius 1 is 1.18 bits per heavy atom. The van der Waals surface area contributed by atoms with Crippen LogP contribution in [-0.2, 0) is 5.54 Å². The number of likely N-dealkylation sites (tertiary alicyclic amines) is 1. The molecule has 186 valence electrons. The fourth-order valence-electron chi connectivity index (χ4n) is 6.13. The molecule has 1 spiro atoms. The van der Waals surface area contributed by atoms with Crippen LogP contribution in [0.5, 0.6) is 11.5 Å². The number of piperidine rings is 1. The zero-order valence-electron chi connectivity index (χ0n) is 20.9. The van der Waals surface area contributed by atoms with Gasteiger partial charge in [-0.1, -0.05) is 26.7 Å². The van der Waals surface area contributed by atoms with E-state index in [-0.39, 0.29) is 12.9 Å². The maximum atomic E-state index is 13.4. The number of methoxy groups -OCH3 is 1. The zero-order valence-corrected chi connectivity index (χ0v) is 20.9. The molecule has 1 saturated carbocycles. The minimum Gasteiger partial charge on any atom is -0.493 e. The average Bonchev–Trinajstić information content (AvgIpc) is 3.36. The second-order valence-corrected chi connectivity index (χ2v) is 10.7. The predicted molar refractivity (Wildman–Crippen MR) is 136 cm³/mol.